The first-order chi connectivity index (χ1) is 14.1. The predicted molar refractivity (Wildman–Crippen MR) is 108 cm³/mol. The minimum atomic E-state index is -0.771. The van der Waals surface area contributed by atoms with E-state index >= 15 is 0 Å². The number of allylic oxidation sites excluding steroid dienone is 2. The molecule has 0 unspecified atom stereocenters. The van der Waals surface area contributed by atoms with E-state index in [0.717, 1.165) is 6.42 Å². The lowest BCUT2D eigenvalue weighted by molar-refractivity contribution is -0.183. The van der Waals surface area contributed by atoms with E-state index in [0.29, 0.717) is 0 Å². The largest absolute Gasteiger partial charge is 0.472 e. The summed E-state index contributed by atoms with van der Waals surface area (Å²) >= 11 is 0. The molecule has 1 saturated carbocycles. The number of ketones is 1. The van der Waals surface area contributed by atoms with Crippen molar-refractivity contribution in [3.8, 4) is 0 Å². The van der Waals surface area contributed by atoms with Crippen molar-refractivity contribution in [3.63, 3.8) is 0 Å². The Balaban J connectivity index is 1.54. The Bertz CT molecular complexity index is 1030. The minimum absolute atomic E-state index is 0.0141. The fraction of sp³-hybridized carbons (Fsp3) is 0.600. The fourth-order valence-corrected chi connectivity index (χ4v) is 7.92. The van der Waals surface area contributed by atoms with E-state index in [9.17, 15) is 9.59 Å². The number of rotatable bonds is 1. The van der Waals surface area contributed by atoms with E-state index in [2.05, 4.69) is 27.7 Å². The van der Waals surface area contributed by atoms with Crippen LogP contribution in [0, 0.1) is 28.1 Å². The Morgan fingerprint density at radius 3 is 2.60 bits per heavy atom. The summed E-state index contributed by atoms with van der Waals surface area (Å²) in [5, 5.41) is 0. The maximum Gasteiger partial charge on any atom is 0.316 e. The lowest BCUT2D eigenvalue weighted by Gasteiger charge is -2.58. The van der Waals surface area contributed by atoms with Crippen molar-refractivity contribution in [1.29, 1.82) is 0 Å². The fourth-order valence-electron chi connectivity index (χ4n) is 7.92. The summed E-state index contributed by atoms with van der Waals surface area (Å²) in [5.74, 6) is -0.0521. The molecule has 30 heavy (non-hydrogen) atoms. The quantitative estimate of drug-likeness (QED) is 0.515. The summed E-state index contributed by atoms with van der Waals surface area (Å²) in [4.78, 5) is 26.3. The molecule has 5 nitrogen and oxygen atoms in total. The Kier molecular flexibility index (Phi) is 3.33. The van der Waals surface area contributed by atoms with Crippen LogP contribution in [0.5, 0.6) is 0 Å². The molecule has 2 saturated heterocycles. The van der Waals surface area contributed by atoms with E-state index in [-0.39, 0.29) is 47.1 Å². The van der Waals surface area contributed by atoms with Gasteiger partial charge >= 0.3 is 5.97 Å². The Morgan fingerprint density at radius 1 is 1.13 bits per heavy atom. The van der Waals surface area contributed by atoms with E-state index in [1.165, 1.54) is 16.7 Å². The zero-order valence-electron chi connectivity index (χ0n) is 18.1. The van der Waals surface area contributed by atoms with Crippen LogP contribution in [0.1, 0.15) is 52.5 Å². The van der Waals surface area contributed by atoms with Gasteiger partial charge in [-0.1, -0.05) is 32.4 Å². The van der Waals surface area contributed by atoms with Gasteiger partial charge in [0.05, 0.1) is 24.0 Å². The van der Waals surface area contributed by atoms with Gasteiger partial charge in [-0.15, -0.1) is 0 Å². The second kappa shape index (κ2) is 5.37. The number of carbonyl (C=O) groups excluding carboxylic acids is 2. The summed E-state index contributed by atoms with van der Waals surface area (Å²) in [6, 6.07) is 2.02. The molecular formula is C25H28O5. The van der Waals surface area contributed by atoms with Gasteiger partial charge in [0.15, 0.2) is 5.78 Å². The van der Waals surface area contributed by atoms with Gasteiger partial charge in [-0.25, -0.2) is 0 Å². The van der Waals surface area contributed by atoms with Gasteiger partial charge in [0.2, 0.25) is 0 Å². The first-order valence-electron chi connectivity index (χ1n) is 11.0. The van der Waals surface area contributed by atoms with Crippen LogP contribution in [0.25, 0.3) is 0 Å². The number of fused-ring (bicyclic) bond motifs is 4. The number of ether oxygens (including phenoxy) is 2. The Hall–Kier alpha value is -2.14. The summed E-state index contributed by atoms with van der Waals surface area (Å²) in [6.07, 6.45) is 7.15. The molecule has 0 radical (unpaired) electrons. The zero-order valence-corrected chi connectivity index (χ0v) is 18.1. The van der Waals surface area contributed by atoms with Crippen LogP contribution in [-0.2, 0) is 19.1 Å². The molecule has 5 heteroatoms. The SMILES string of the molecule is CC1=C2[C@@H](C[C@H]1c1ccoc1)O[C@@H]1[C@@H]3OC(=O)[C@]4(C)C=CC(=O)[C@](C)([C@@H](C)[C@]21C)[C@@H]34. The Morgan fingerprint density at radius 2 is 1.90 bits per heavy atom. The molecular weight excluding hydrogens is 380 g/mol. The highest BCUT2D eigenvalue weighted by Crippen LogP contribution is 2.71. The molecule has 1 aromatic heterocycles. The molecule has 5 aliphatic rings. The molecule has 0 bridgehead atoms. The predicted octanol–water partition coefficient (Wildman–Crippen LogP) is 4.20. The van der Waals surface area contributed by atoms with Crippen LogP contribution in [0.2, 0.25) is 0 Å². The van der Waals surface area contributed by atoms with Gasteiger partial charge in [-0.2, -0.15) is 0 Å². The molecule has 0 N–H and O–H groups in total. The molecule has 3 heterocycles. The van der Waals surface area contributed by atoms with Crippen LogP contribution < -0.4 is 0 Å². The molecule has 158 valence electrons. The van der Waals surface area contributed by atoms with Crippen molar-refractivity contribution >= 4 is 11.8 Å². The van der Waals surface area contributed by atoms with Crippen molar-refractivity contribution in [3.05, 3.63) is 47.5 Å². The van der Waals surface area contributed by atoms with Gasteiger partial charge in [0.1, 0.15) is 12.2 Å². The first-order valence-corrected chi connectivity index (χ1v) is 11.0. The standard InChI is InChI=1S/C25H28O5/c1-12-15(14-7-9-28-11-14)10-16-18(12)25(5)13(2)24(4)17(26)6-8-23(3)20(24)19(21(25)29-16)30-22(23)27/h6-9,11,13,15-16,19-21H,10H2,1-5H3/t13-,15-,16-,19-,20+,21-,23-,24+,25-/m1/s1. The van der Waals surface area contributed by atoms with Gasteiger partial charge in [-0.3, -0.25) is 9.59 Å². The maximum absolute atomic E-state index is 13.4. The average Bonchev–Trinajstić information content (AvgIpc) is 3.44. The number of carbonyl (C=O) groups is 2. The third-order valence-corrected chi connectivity index (χ3v) is 9.66. The normalized spacial score (nSPS) is 51.1. The highest BCUT2D eigenvalue weighted by atomic mass is 16.6. The smallest absolute Gasteiger partial charge is 0.316 e. The van der Waals surface area contributed by atoms with Crippen LogP contribution in [-0.4, -0.2) is 30.1 Å². The second-order valence-corrected chi connectivity index (χ2v) is 10.6. The number of hydrogen-bond donors (Lipinski definition) is 0. The molecule has 3 aliphatic carbocycles. The molecule has 6 rings (SSSR count). The van der Waals surface area contributed by atoms with Crippen molar-refractivity contribution in [1.82, 2.24) is 0 Å². The highest BCUT2D eigenvalue weighted by Gasteiger charge is 2.76. The average molecular weight is 408 g/mol. The van der Waals surface area contributed by atoms with Gasteiger partial charge in [0, 0.05) is 22.7 Å². The third-order valence-electron chi connectivity index (χ3n) is 9.66. The third kappa shape index (κ3) is 1.78. The Labute approximate surface area is 176 Å². The highest BCUT2D eigenvalue weighted by molar-refractivity contribution is 6.00. The molecule has 1 aromatic rings. The number of esters is 1. The van der Waals surface area contributed by atoms with Gasteiger partial charge in [-0.05, 0) is 49.5 Å². The van der Waals surface area contributed by atoms with E-state index in [4.69, 9.17) is 13.9 Å². The first kappa shape index (κ1) is 18.6. The molecule has 0 spiro atoms. The summed E-state index contributed by atoms with van der Waals surface area (Å²) in [5.41, 5.74) is 1.97. The summed E-state index contributed by atoms with van der Waals surface area (Å²) in [6.45, 7) is 10.6. The van der Waals surface area contributed by atoms with E-state index in [1.807, 2.05) is 19.3 Å². The van der Waals surface area contributed by atoms with E-state index in [1.54, 1.807) is 18.4 Å². The lowest BCUT2D eigenvalue weighted by atomic mass is 9.43. The van der Waals surface area contributed by atoms with Gasteiger partial charge in [0.25, 0.3) is 0 Å². The lowest BCUT2D eigenvalue weighted by Crippen LogP contribution is -2.65. The van der Waals surface area contributed by atoms with Crippen molar-refractivity contribution in [2.45, 2.75) is 65.3 Å². The van der Waals surface area contributed by atoms with Crippen molar-refractivity contribution in [2.75, 3.05) is 0 Å². The zero-order chi connectivity index (χ0) is 21.2. The summed E-state index contributed by atoms with van der Waals surface area (Å²) < 4.78 is 18.1. The molecule has 2 aliphatic heterocycles. The van der Waals surface area contributed by atoms with Gasteiger partial charge < -0.3 is 13.9 Å². The summed E-state index contributed by atoms with van der Waals surface area (Å²) in [7, 11) is 0. The minimum Gasteiger partial charge on any atom is -0.472 e. The molecule has 3 fully saturated rings. The van der Waals surface area contributed by atoms with Crippen LogP contribution in [0.15, 0.2) is 46.3 Å². The van der Waals surface area contributed by atoms with Crippen LogP contribution in [0.3, 0.4) is 0 Å². The molecule has 0 amide bonds. The second-order valence-electron chi connectivity index (χ2n) is 10.6. The maximum atomic E-state index is 13.4. The molecule has 0 aromatic carbocycles. The van der Waals surface area contributed by atoms with E-state index < -0.39 is 16.9 Å². The van der Waals surface area contributed by atoms with Crippen molar-refractivity contribution in [2.24, 2.45) is 28.1 Å². The van der Waals surface area contributed by atoms with Crippen LogP contribution >= 0.6 is 0 Å². The number of furan rings is 1. The van der Waals surface area contributed by atoms with Crippen molar-refractivity contribution < 1.29 is 23.5 Å². The topological polar surface area (TPSA) is 65.7 Å². The monoisotopic (exact) mass is 408 g/mol. The molecule has 9 atom stereocenters. The number of hydrogen-bond acceptors (Lipinski definition) is 5. The van der Waals surface area contributed by atoms with Crippen LogP contribution in [0.4, 0.5) is 0 Å².